The molecule has 1 N–H and O–H groups in total. The normalized spacial score (nSPS) is 11.2. The lowest BCUT2D eigenvalue weighted by Crippen LogP contribution is -2.07. The van der Waals surface area contributed by atoms with Crippen molar-refractivity contribution in [2.45, 2.75) is 13.1 Å². The van der Waals surface area contributed by atoms with E-state index in [1.54, 1.807) is 7.11 Å². The first kappa shape index (κ1) is 21.2. The summed E-state index contributed by atoms with van der Waals surface area (Å²) < 4.78 is 8.89. The van der Waals surface area contributed by atoms with E-state index in [9.17, 15) is 0 Å². The molecule has 154 valence electrons. The van der Waals surface area contributed by atoms with E-state index in [4.69, 9.17) is 50.1 Å². The van der Waals surface area contributed by atoms with E-state index in [0.29, 0.717) is 35.6 Å². The van der Waals surface area contributed by atoms with E-state index in [-0.39, 0.29) is 0 Å². The van der Waals surface area contributed by atoms with Gasteiger partial charge in [-0.05, 0) is 54.2 Å². The quantitative estimate of drug-likeness (QED) is 0.310. The van der Waals surface area contributed by atoms with Gasteiger partial charge in [0.2, 0.25) is 0 Å². The van der Waals surface area contributed by atoms with E-state index in [1.165, 1.54) is 11.3 Å². The maximum atomic E-state index is 6.05. The molecule has 2 aromatic carbocycles. The molecule has 0 saturated heterocycles. The van der Waals surface area contributed by atoms with Crippen LogP contribution in [0, 0.1) is 3.95 Å². The summed E-state index contributed by atoms with van der Waals surface area (Å²) in [6, 6.07) is 15.2. The van der Waals surface area contributed by atoms with Gasteiger partial charge < -0.3 is 14.6 Å². The van der Waals surface area contributed by atoms with Gasteiger partial charge in [0.1, 0.15) is 10.5 Å². The largest absolute Gasteiger partial charge is 0.383 e. The highest BCUT2D eigenvalue weighted by Crippen LogP contribution is 2.31. The minimum atomic E-state index is 0.550. The Morgan fingerprint density at radius 2 is 1.70 bits per heavy atom. The number of nitrogens with one attached hydrogen (secondary N) is 1. The lowest BCUT2D eigenvalue weighted by atomic mass is 10.2. The molecule has 4 aromatic rings. The molecule has 0 amide bonds. The van der Waals surface area contributed by atoms with Crippen molar-refractivity contribution in [3.05, 3.63) is 68.1 Å². The molecule has 2 aromatic heterocycles. The Hall–Kier alpha value is -2.03. The summed E-state index contributed by atoms with van der Waals surface area (Å²) in [6.45, 7) is 1.78. The number of ether oxygens (including phenoxy) is 1. The number of hydrogen-bond acceptors (Lipinski definition) is 6. The van der Waals surface area contributed by atoms with Crippen LogP contribution in [0.1, 0.15) is 5.56 Å². The number of halogens is 2. The van der Waals surface area contributed by atoms with E-state index in [1.807, 2.05) is 53.1 Å². The molecule has 30 heavy (non-hydrogen) atoms. The van der Waals surface area contributed by atoms with Gasteiger partial charge in [-0.2, -0.15) is 0 Å². The third kappa shape index (κ3) is 4.66. The summed E-state index contributed by atoms with van der Waals surface area (Å²) in [4.78, 5) is 9.61. The fraction of sp³-hybridized carbons (Fsp3) is 0.190. The van der Waals surface area contributed by atoms with Gasteiger partial charge in [0, 0.05) is 35.8 Å². The highest BCUT2D eigenvalue weighted by Gasteiger charge is 2.16. The maximum Gasteiger partial charge on any atom is 0.163 e. The molecule has 0 atom stereocenters. The summed E-state index contributed by atoms with van der Waals surface area (Å²) in [6.07, 6.45) is 0. The average molecular weight is 477 g/mol. The zero-order valence-corrected chi connectivity index (χ0v) is 19.2. The van der Waals surface area contributed by atoms with Crippen LogP contribution in [0.5, 0.6) is 0 Å². The van der Waals surface area contributed by atoms with Crippen LogP contribution in [-0.2, 0) is 17.8 Å². The predicted molar refractivity (Wildman–Crippen MR) is 127 cm³/mol. The van der Waals surface area contributed by atoms with E-state index in [2.05, 4.69) is 5.32 Å². The van der Waals surface area contributed by atoms with Crippen molar-refractivity contribution < 1.29 is 4.74 Å². The van der Waals surface area contributed by atoms with Crippen LogP contribution in [0.15, 0.2) is 48.5 Å². The molecule has 0 bridgehead atoms. The van der Waals surface area contributed by atoms with Crippen LogP contribution in [0.2, 0.25) is 10.0 Å². The van der Waals surface area contributed by atoms with Crippen LogP contribution >= 0.6 is 46.8 Å². The van der Waals surface area contributed by atoms with Crippen LogP contribution < -0.4 is 5.32 Å². The Bertz CT molecular complexity index is 1220. The molecule has 0 aliphatic carbocycles. The van der Waals surface area contributed by atoms with Crippen molar-refractivity contribution in [3.8, 4) is 11.4 Å². The van der Waals surface area contributed by atoms with E-state index >= 15 is 0 Å². The number of nitrogens with zero attached hydrogens (tertiary/aromatic N) is 3. The SMILES string of the molecule is COCCn1c(=S)sc2c(NCc3ccc(Cl)cc3)nc(-c3ccc(Cl)cc3)nc21. The lowest BCUT2D eigenvalue weighted by Gasteiger charge is -2.10. The second-order valence-electron chi connectivity index (χ2n) is 6.55. The third-order valence-electron chi connectivity index (χ3n) is 4.51. The highest BCUT2D eigenvalue weighted by atomic mass is 35.5. The monoisotopic (exact) mass is 476 g/mol. The maximum absolute atomic E-state index is 6.05. The Balaban J connectivity index is 1.78. The Kier molecular flexibility index (Phi) is 6.65. The molecule has 0 saturated carbocycles. The summed E-state index contributed by atoms with van der Waals surface area (Å²) >= 11 is 19.1. The first-order valence-electron chi connectivity index (χ1n) is 9.19. The number of rotatable bonds is 7. The Morgan fingerprint density at radius 1 is 1.03 bits per heavy atom. The fourth-order valence-electron chi connectivity index (χ4n) is 2.96. The number of methoxy groups -OCH3 is 1. The molecular weight excluding hydrogens is 459 g/mol. The summed E-state index contributed by atoms with van der Waals surface area (Å²) in [7, 11) is 1.67. The van der Waals surface area contributed by atoms with Gasteiger partial charge in [0.15, 0.2) is 15.4 Å². The van der Waals surface area contributed by atoms with Crippen molar-refractivity contribution in [2.24, 2.45) is 0 Å². The topological polar surface area (TPSA) is 52.0 Å². The molecule has 2 heterocycles. The summed E-state index contributed by atoms with van der Waals surface area (Å²) in [5, 5.41) is 4.82. The van der Waals surface area contributed by atoms with Gasteiger partial charge in [-0.3, -0.25) is 0 Å². The van der Waals surface area contributed by atoms with Crippen molar-refractivity contribution in [2.75, 3.05) is 19.0 Å². The van der Waals surface area contributed by atoms with E-state index in [0.717, 1.165) is 31.2 Å². The average Bonchev–Trinajstić information content (AvgIpc) is 3.07. The number of hydrogen-bond donors (Lipinski definition) is 1. The fourth-order valence-corrected chi connectivity index (χ4v) is 4.56. The van der Waals surface area contributed by atoms with Gasteiger partial charge in [-0.25, -0.2) is 9.97 Å². The summed E-state index contributed by atoms with van der Waals surface area (Å²) in [5.41, 5.74) is 2.77. The van der Waals surface area contributed by atoms with Crippen molar-refractivity contribution >= 4 is 62.9 Å². The van der Waals surface area contributed by atoms with Gasteiger partial charge in [-0.1, -0.05) is 46.7 Å². The van der Waals surface area contributed by atoms with Crippen molar-refractivity contribution in [1.29, 1.82) is 0 Å². The first-order chi connectivity index (χ1) is 14.5. The third-order valence-corrected chi connectivity index (χ3v) is 6.46. The number of fused-ring (bicyclic) bond motifs is 1. The highest BCUT2D eigenvalue weighted by molar-refractivity contribution is 7.73. The second-order valence-corrected chi connectivity index (χ2v) is 9.06. The van der Waals surface area contributed by atoms with Gasteiger partial charge >= 0.3 is 0 Å². The molecule has 5 nitrogen and oxygen atoms in total. The van der Waals surface area contributed by atoms with Gasteiger partial charge in [-0.15, -0.1) is 0 Å². The minimum Gasteiger partial charge on any atom is -0.383 e. The Morgan fingerprint density at radius 3 is 2.37 bits per heavy atom. The van der Waals surface area contributed by atoms with Gasteiger partial charge in [0.05, 0.1) is 6.61 Å². The van der Waals surface area contributed by atoms with E-state index < -0.39 is 0 Å². The smallest absolute Gasteiger partial charge is 0.163 e. The zero-order chi connectivity index (χ0) is 21.1. The van der Waals surface area contributed by atoms with Crippen LogP contribution in [0.25, 0.3) is 21.7 Å². The molecule has 0 aliphatic heterocycles. The number of thiazole rings is 1. The number of aromatic nitrogens is 3. The standard InChI is InChI=1S/C21H18Cl2N4OS2/c1-28-11-10-27-20-17(30-21(27)29)19(24-12-13-2-6-15(22)7-3-13)25-18(26-20)14-4-8-16(23)9-5-14/h2-9H,10-12H2,1H3,(H,24,25,26). The number of anilines is 1. The van der Waals surface area contributed by atoms with Crippen LogP contribution in [0.4, 0.5) is 5.82 Å². The molecule has 4 rings (SSSR count). The molecule has 0 spiro atoms. The molecule has 0 fully saturated rings. The van der Waals surface area contributed by atoms with Gasteiger partial charge in [0.25, 0.3) is 0 Å². The van der Waals surface area contributed by atoms with Crippen LogP contribution in [0.3, 0.4) is 0 Å². The second kappa shape index (κ2) is 9.41. The Labute approximate surface area is 193 Å². The van der Waals surface area contributed by atoms with Crippen LogP contribution in [-0.4, -0.2) is 28.3 Å². The first-order valence-corrected chi connectivity index (χ1v) is 11.2. The predicted octanol–water partition coefficient (Wildman–Crippen LogP) is 6.45. The molecule has 0 aliphatic rings. The van der Waals surface area contributed by atoms with Crippen molar-refractivity contribution in [1.82, 2.24) is 14.5 Å². The molecule has 0 radical (unpaired) electrons. The summed E-state index contributed by atoms with van der Waals surface area (Å²) in [5.74, 6) is 1.35. The molecular formula is C21H18Cl2N4OS2. The molecule has 9 heteroatoms. The molecule has 0 unspecified atom stereocenters. The minimum absolute atomic E-state index is 0.550. The number of benzene rings is 2. The van der Waals surface area contributed by atoms with Crippen molar-refractivity contribution in [3.63, 3.8) is 0 Å². The lowest BCUT2D eigenvalue weighted by molar-refractivity contribution is 0.188. The zero-order valence-electron chi connectivity index (χ0n) is 16.1.